The van der Waals surface area contributed by atoms with Crippen molar-refractivity contribution in [2.24, 2.45) is 0 Å². The maximum absolute atomic E-state index is 5.44. The molecule has 0 aromatic heterocycles. The summed E-state index contributed by atoms with van der Waals surface area (Å²) in [5.41, 5.74) is 0. The third kappa shape index (κ3) is 3.30. The van der Waals surface area contributed by atoms with Crippen LogP contribution in [0.5, 0.6) is 0 Å². The van der Waals surface area contributed by atoms with Gasteiger partial charge >= 0.3 is 0 Å². The topological polar surface area (TPSA) is 18.5 Å². The van der Waals surface area contributed by atoms with Gasteiger partial charge in [0.25, 0.3) is 0 Å². The number of hydrogen-bond acceptors (Lipinski definition) is 2. The Labute approximate surface area is 87.1 Å². The van der Waals surface area contributed by atoms with Crippen molar-refractivity contribution in [2.45, 2.75) is 30.0 Å². The monoisotopic (exact) mass is 280 g/mol. The molecular formula is C9H13IO2. The van der Waals surface area contributed by atoms with Crippen LogP contribution in [0.4, 0.5) is 0 Å². The first-order chi connectivity index (χ1) is 5.84. The molecule has 2 atom stereocenters. The Morgan fingerprint density at radius 3 is 3.17 bits per heavy atom. The zero-order valence-electron chi connectivity index (χ0n) is 7.18. The molecule has 1 aliphatic rings. The number of rotatable bonds is 2. The highest BCUT2D eigenvalue weighted by Gasteiger charge is 2.23. The van der Waals surface area contributed by atoms with E-state index in [1.54, 1.807) is 0 Å². The van der Waals surface area contributed by atoms with Crippen LogP contribution in [0.2, 0.25) is 0 Å². The second-order valence-corrected chi connectivity index (χ2v) is 4.24. The molecule has 1 saturated heterocycles. The fraction of sp³-hybridized carbons (Fsp3) is 0.778. The lowest BCUT2D eigenvalue weighted by atomic mass is 10.2. The van der Waals surface area contributed by atoms with E-state index in [-0.39, 0.29) is 6.29 Å². The van der Waals surface area contributed by atoms with Crippen molar-refractivity contribution in [1.29, 1.82) is 0 Å². The number of alkyl halides is 1. The summed E-state index contributed by atoms with van der Waals surface area (Å²) in [7, 11) is 0. The van der Waals surface area contributed by atoms with Gasteiger partial charge < -0.3 is 9.47 Å². The smallest absolute Gasteiger partial charge is 0.170 e. The average Bonchev–Trinajstić information content (AvgIpc) is 2.09. The predicted molar refractivity (Wildman–Crippen MR) is 56.2 cm³/mol. The fourth-order valence-corrected chi connectivity index (χ4v) is 1.92. The Morgan fingerprint density at radius 2 is 2.50 bits per heavy atom. The molecule has 1 rings (SSSR count). The van der Waals surface area contributed by atoms with Crippen molar-refractivity contribution in [3.63, 3.8) is 0 Å². The Morgan fingerprint density at radius 1 is 1.67 bits per heavy atom. The van der Waals surface area contributed by atoms with E-state index in [0.717, 1.165) is 13.0 Å². The minimum Gasteiger partial charge on any atom is -0.351 e. The van der Waals surface area contributed by atoms with Crippen LogP contribution in [-0.2, 0) is 9.47 Å². The Balaban J connectivity index is 2.23. The molecule has 1 fully saturated rings. The molecule has 0 bridgehead atoms. The highest BCUT2D eigenvalue weighted by Crippen LogP contribution is 2.22. The van der Waals surface area contributed by atoms with E-state index in [2.05, 4.69) is 34.4 Å². The molecule has 0 radical (unpaired) electrons. The third-order valence-electron chi connectivity index (χ3n) is 1.70. The van der Waals surface area contributed by atoms with Crippen LogP contribution in [0.1, 0.15) is 19.8 Å². The maximum atomic E-state index is 5.44. The molecule has 0 unspecified atom stereocenters. The maximum Gasteiger partial charge on any atom is 0.170 e. The normalized spacial score (nSPS) is 29.2. The second-order valence-electron chi connectivity index (χ2n) is 2.64. The number of ether oxygens (including phenoxy) is 2. The molecule has 0 amide bonds. The zero-order valence-corrected chi connectivity index (χ0v) is 9.34. The molecule has 1 aliphatic heterocycles. The summed E-state index contributed by atoms with van der Waals surface area (Å²) in [5, 5.41) is 0. The Bertz CT molecular complexity index is 183. The summed E-state index contributed by atoms with van der Waals surface area (Å²) >= 11 is 2.37. The van der Waals surface area contributed by atoms with Crippen molar-refractivity contribution in [1.82, 2.24) is 0 Å². The minimum absolute atomic E-state index is 0.0415. The average molecular weight is 280 g/mol. The van der Waals surface area contributed by atoms with Crippen molar-refractivity contribution in [2.75, 3.05) is 13.2 Å². The molecule has 0 saturated carbocycles. The lowest BCUT2D eigenvalue weighted by Gasteiger charge is -2.26. The van der Waals surface area contributed by atoms with E-state index in [1.165, 1.54) is 6.42 Å². The first kappa shape index (κ1) is 10.3. The van der Waals surface area contributed by atoms with E-state index in [4.69, 9.17) is 9.47 Å². The van der Waals surface area contributed by atoms with Crippen molar-refractivity contribution in [3.05, 3.63) is 0 Å². The van der Waals surface area contributed by atoms with Crippen molar-refractivity contribution in [3.8, 4) is 11.8 Å². The first-order valence-electron chi connectivity index (χ1n) is 4.11. The lowest BCUT2D eigenvalue weighted by molar-refractivity contribution is -0.146. The van der Waals surface area contributed by atoms with E-state index >= 15 is 0 Å². The molecule has 0 spiro atoms. The molecule has 0 N–H and O–H groups in total. The van der Waals surface area contributed by atoms with Crippen LogP contribution in [0.15, 0.2) is 0 Å². The SMILES string of the molecule is CC#CCO[C@@H]1OCCC[C@H]1I. The summed E-state index contributed by atoms with van der Waals surface area (Å²) in [6.45, 7) is 3.12. The van der Waals surface area contributed by atoms with E-state index < -0.39 is 0 Å². The van der Waals surface area contributed by atoms with Crippen LogP contribution in [0.3, 0.4) is 0 Å². The van der Waals surface area contributed by atoms with Crippen molar-refractivity contribution >= 4 is 22.6 Å². The number of halogens is 1. The van der Waals surface area contributed by atoms with Gasteiger partial charge in [-0.3, -0.25) is 0 Å². The Hall–Kier alpha value is 0.210. The summed E-state index contributed by atoms with van der Waals surface area (Å²) in [4.78, 5) is 0. The Kier molecular flexibility index (Phi) is 4.96. The van der Waals surface area contributed by atoms with Gasteiger partial charge in [0.15, 0.2) is 6.29 Å². The molecule has 12 heavy (non-hydrogen) atoms. The molecule has 68 valence electrons. The van der Waals surface area contributed by atoms with Crippen LogP contribution < -0.4 is 0 Å². The predicted octanol–water partition coefficient (Wildman–Crippen LogP) is 1.97. The van der Waals surface area contributed by atoms with Gasteiger partial charge in [0.05, 0.1) is 3.92 Å². The molecular weight excluding hydrogens is 267 g/mol. The zero-order chi connectivity index (χ0) is 8.81. The van der Waals surface area contributed by atoms with E-state index in [0.29, 0.717) is 10.5 Å². The molecule has 3 heteroatoms. The van der Waals surface area contributed by atoms with Crippen LogP contribution in [0, 0.1) is 11.8 Å². The van der Waals surface area contributed by atoms with Crippen LogP contribution in [-0.4, -0.2) is 23.4 Å². The van der Waals surface area contributed by atoms with Gasteiger partial charge in [0.1, 0.15) is 6.61 Å². The van der Waals surface area contributed by atoms with E-state index in [1.807, 2.05) is 6.92 Å². The molecule has 2 nitrogen and oxygen atoms in total. The van der Waals surface area contributed by atoms with Crippen LogP contribution >= 0.6 is 22.6 Å². The molecule has 0 aliphatic carbocycles. The van der Waals surface area contributed by atoms with Crippen molar-refractivity contribution < 1.29 is 9.47 Å². The summed E-state index contributed by atoms with van der Waals surface area (Å²) in [6, 6.07) is 0. The molecule has 1 heterocycles. The van der Waals surface area contributed by atoms with Gasteiger partial charge in [-0.05, 0) is 19.8 Å². The van der Waals surface area contributed by atoms with Crippen LogP contribution in [0.25, 0.3) is 0 Å². The van der Waals surface area contributed by atoms with Gasteiger partial charge in [0, 0.05) is 6.61 Å². The third-order valence-corrected chi connectivity index (χ3v) is 2.91. The summed E-state index contributed by atoms with van der Waals surface area (Å²) in [6.07, 6.45) is 2.29. The highest BCUT2D eigenvalue weighted by molar-refractivity contribution is 14.1. The van der Waals surface area contributed by atoms with Gasteiger partial charge in [-0.15, -0.1) is 5.92 Å². The standard InChI is InChI=1S/C9H13IO2/c1-2-3-6-11-9-8(10)5-4-7-12-9/h8-9H,4-7H2,1H3/t8-,9-/m1/s1. The molecule has 0 aromatic rings. The summed E-state index contributed by atoms with van der Waals surface area (Å²) in [5.74, 6) is 5.65. The molecule has 0 aromatic carbocycles. The van der Waals surface area contributed by atoms with Gasteiger partial charge in [0.2, 0.25) is 0 Å². The second kappa shape index (κ2) is 5.79. The largest absolute Gasteiger partial charge is 0.351 e. The van der Waals surface area contributed by atoms with Gasteiger partial charge in [-0.1, -0.05) is 28.5 Å². The summed E-state index contributed by atoms with van der Waals surface area (Å²) < 4.78 is 11.4. The van der Waals surface area contributed by atoms with E-state index in [9.17, 15) is 0 Å². The minimum atomic E-state index is -0.0415. The quantitative estimate of drug-likeness (QED) is 0.437. The van der Waals surface area contributed by atoms with Gasteiger partial charge in [-0.25, -0.2) is 0 Å². The number of hydrogen-bond donors (Lipinski definition) is 0. The fourth-order valence-electron chi connectivity index (χ4n) is 1.07. The van der Waals surface area contributed by atoms with Gasteiger partial charge in [-0.2, -0.15) is 0 Å². The lowest BCUT2D eigenvalue weighted by Crippen LogP contribution is -2.32. The first-order valence-corrected chi connectivity index (χ1v) is 5.36. The highest BCUT2D eigenvalue weighted by atomic mass is 127.